The van der Waals surface area contributed by atoms with E-state index in [1.165, 1.54) is 37.5 Å². The van der Waals surface area contributed by atoms with Crippen LogP contribution < -0.4 is 19.7 Å². The minimum absolute atomic E-state index is 0.0169. The van der Waals surface area contributed by atoms with E-state index in [2.05, 4.69) is 21.2 Å². The highest BCUT2D eigenvalue weighted by atomic mass is 79.9. The molecule has 0 aromatic heterocycles. The van der Waals surface area contributed by atoms with Crippen molar-refractivity contribution in [2.45, 2.75) is 6.92 Å². The molecule has 2 aromatic carbocycles. The fraction of sp³-hybridized carbons (Fsp3) is 0.150. The summed E-state index contributed by atoms with van der Waals surface area (Å²) in [4.78, 5) is 38.2. The highest BCUT2D eigenvalue weighted by Gasteiger charge is 2.36. The maximum atomic E-state index is 12.9. The molecule has 8 nitrogen and oxygen atoms in total. The lowest BCUT2D eigenvalue weighted by Crippen LogP contribution is -2.54. The van der Waals surface area contributed by atoms with Gasteiger partial charge in [0.2, 0.25) is 0 Å². The zero-order chi connectivity index (χ0) is 21.1. The Hall–Kier alpha value is -3.33. The second-order valence-corrected chi connectivity index (χ2v) is 6.80. The first-order valence-corrected chi connectivity index (χ1v) is 9.35. The van der Waals surface area contributed by atoms with Crippen molar-refractivity contribution in [3.63, 3.8) is 0 Å². The summed E-state index contributed by atoms with van der Waals surface area (Å²) in [5.41, 5.74) is 0.487. The van der Waals surface area contributed by atoms with E-state index in [-0.39, 0.29) is 17.0 Å². The minimum atomic E-state index is -0.867. The number of rotatable bonds is 5. The van der Waals surface area contributed by atoms with Crippen LogP contribution in [0.15, 0.2) is 46.4 Å². The van der Waals surface area contributed by atoms with Gasteiger partial charge in [0.25, 0.3) is 11.8 Å². The third-order valence-electron chi connectivity index (χ3n) is 4.06. The van der Waals surface area contributed by atoms with E-state index in [9.17, 15) is 19.5 Å². The number of amides is 4. The van der Waals surface area contributed by atoms with E-state index in [0.29, 0.717) is 28.1 Å². The molecule has 150 valence electrons. The zero-order valence-electron chi connectivity index (χ0n) is 15.6. The van der Waals surface area contributed by atoms with Crippen molar-refractivity contribution in [1.29, 1.82) is 0 Å². The normalized spacial score (nSPS) is 15.5. The molecule has 0 radical (unpaired) electrons. The average molecular weight is 461 g/mol. The number of anilines is 1. The number of ether oxygens (including phenoxy) is 2. The van der Waals surface area contributed by atoms with Crippen LogP contribution in [0.2, 0.25) is 0 Å². The molecule has 1 aliphatic heterocycles. The maximum Gasteiger partial charge on any atom is 0.335 e. The standard InChI is InChI=1S/C20H17BrN2O6/c1-3-29-17-15(21)9-11(10-16(17)28-2)8-14-18(25)22-20(27)23(19(14)26)12-4-6-13(24)7-5-12/h4-10,24H,3H2,1-2H3,(H,22,25,27)/b14-8+. The van der Waals surface area contributed by atoms with Crippen LogP contribution >= 0.6 is 15.9 Å². The van der Waals surface area contributed by atoms with Gasteiger partial charge < -0.3 is 14.6 Å². The van der Waals surface area contributed by atoms with E-state index in [1.54, 1.807) is 12.1 Å². The van der Waals surface area contributed by atoms with Gasteiger partial charge in [-0.05, 0) is 70.9 Å². The molecule has 9 heteroatoms. The molecule has 29 heavy (non-hydrogen) atoms. The van der Waals surface area contributed by atoms with Crippen molar-refractivity contribution >= 4 is 45.5 Å². The number of barbiturate groups is 1. The third-order valence-corrected chi connectivity index (χ3v) is 4.65. The topological polar surface area (TPSA) is 105 Å². The van der Waals surface area contributed by atoms with Crippen LogP contribution in [0.5, 0.6) is 17.2 Å². The zero-order valence-corrected chi connectivity index (χ0v) is 17.1. The maximum absolute atomic E-state index is 12.9. The number of methoxy groups -OCH3 is 1. The molecule has 2 N–H and O–H groups in total. The highest BCUT2D eigenvalue weighted by molar-refractivity contribution is 9.10. The molecule has 2 aromatic rings. The summed E-state index contributed by atoms with van der Waals surface area (Å²) in [6.07, 6.45) is 1.36. The number of carbonyl (C=O) groups is 3. The van der Waals surface area contributed by atoms with Gasteiger partial charge >= 0.3 is 6.03 Å². The number of nitrogens with zero attached hydrogens (tertiary/aromatic N) is 1. The van der Waals surface area contributed by atoms with Crippen molar-refractivity contribution in [1.82, 2.24) is 5.32 Å². The summed E-state index contributed by atoms with van der Waals surface area (Å²) in [7, 11) is 1.48. The first-order valence-electron chi connectivity index (χ1n) is 8.56. The molecule has 4 amide bonds. The number of hydrogen-bond donors (Lipinski definition) is 2. The number of hydrogen-bond acceptors (Lipinski definition) is 6. The number of urea groups is 1. The molecule has 1 fully saturated rings. The largest absolute Gasteiger partial charge is 0.508 e. The summed E-state index contributed by atoms with van der Waals surface area (Å²) in [5, 5.41) is 11.6. The summed E-state index contributed by atoms with van der Waals surface area (Å²) in [6.45, 7) is 2.27. The number of carbonyl (C=O) groups excluding carboxylic acids is 3. The summed E-state index contributed by atoms with van der Waals surface area (Å²) >= 11 is 3.39. The van der Waals surface area contributed by atoms with Gasteiger partial charge in [-0.1, -0.05) is 0 Å². The van der Waals surface area contributed by atoms with Crippen molar-refractivity contribution in [3.05, 3.63) is 52.0 Å². The number of nitrogens with one attached hydrogen (secondary N) is 1. The summed E-state index contributed by atoms with van der Waals surface area (Å²) in [6, 6.07) is 7.89. The van der Waals surface area contributed by atoms with Crippen LogP contribution in [-0.4, -0.2) is 36.7 Å². The van der Waals surface area contributed by atoms with Gasteiger partial charge in [-0.3, -0.25) is 14.9 Å². The van der Waals surface area contributed by atoms with Crippen LogP contribution in [-0.2, 0) is 9.59 Å². The molecular formula is C20H17BrN2O6. The van der Waals surface area contributed by atoms with Gasteiger partial charge in [0, 0.05) is 0 Å². The number of phenolic OH excluding ortho intramolecular Hbond substituents is 1. The van der Waals surface area contributed by atoms with Crippen molar-refractivity contribution < 1.29 is 29.0 Å². The average Bonchev–Trinajstić information content (AvgIpc) is 2.68. The smallest absolute Gasteiger partial charge is 0.335 e. The van der Waals surface area contributed by atoms with Crippen LogP contribution in [0.3, 0.4) is 0 Å². The first kappa shape index (κ1) is 20.4. The van der Waals surface area contributed by atoms with Gasteiger partial charge in [-0.15, -0.1) is 0 Å². The third kappa shape index (κ3) is 4.09. The lowest BCUT2D eigenvalue weighted by atomic mass is 10.1. The fourth-order valence-electron chi connectivity index (χ4n) is 2.77. The molecule has 0 aliphatic carbocycles. The van der Waals surface area contributed by atoms with Crippen molar-refractivity contribution in [3.8, 4) is 17.2 Å². The van der Waals surface area contributed by atoms with Crippen LogP contribution in [0.4, 0.5) is 10.5 Å². The molecule has 0 unspecified atom stereocenters. The Kier molecular flexibility index (Phi) is 5.88. The molecule has 1 heterocycles. The van der Waals surface area contributed by atoms with Crippen LogP contribution in [0, 0.1) is 0 Å². The van der Waals surface area contributed by atoms with Gasteiger partial charge in [0.1, 0.15) is 11.3 Å². The summed E-state index contributed by atoms with van der Waals surface area (Å²) < 4.78 is 11.4. The predicted octanol–water partition coefficient (Wildman–Crippen LogP) is 3.23. The monoisotopic (exact) mass is 460 g/mol. The second kappa shape index (κ2) is 8.36. The van der Waals surface area contributed by atoms with E-state index in [0.717, 1.165) is 4.90 Å². The number of halogens is 1. The number of phenols is 1. The Bertz CT molecular complexity index is 1020. The Morgan fingerprint density at radius 1 is 1.17 bits per heavy atom. The van der Waals surface area contributed by atoms with E-state index in [1.807, 2.05) is 6.92 Å². The fourth-order valence-corrected chi connectivity index (χ4v) is 3.34. The number of aromatic hydroxyl groups is 1. The predicted molar refractivity (Wildman–Crippen MR) is 109 cm³/mol. The molecular weight excluding hydrogens is 444 g/mol. The van der Waals surface area contributed by atoms with Gasteiger partial charge in [-0.2, -0.15) is 0 Å². The van der Waals surface area contributed by atoms with E-state index >= 15 is 0 Å². The van der Waals surface area contributed by atoms with Crippen LogP contribution in [0.25, 0.3) is 6.08 Å². The number of benzene rings is 2. The quantitative estimate of drug-likeness (QED) is 0.524. The van der Waals surface area contributed by atoms with E-state index < -0.39 is 17.8 Å². The Morgan fingerprint density at radius 2 is 1.86 bits per heavy atom. The SMILES string of the molecule is CCOc1c(Br)cc(/C=C2\C(=O)NC(=O)N(c3ccc(O)cc3)C2=O)cc1OC. The van der Waals surface area contributed by atoms with Crippen LogP contribution in [0.1, 0.15) is 12.5 Å². The Morgan fingerprint density at radius 3 is 2.48 bits per heavy atom. The van der Waals surface area contributed by atoms with Crippen molar-refractivity contribution in [2.75, 3.05) is 18.6 Å². The highest BCUT2D eigenvalue weighted by Crippen LogP contribution is 2.37. The van der Waals surface area contributed by atoms with Crippen molar-refractivity contribution in [2.24, 2.45) is 0 Å². The molecule has 3 rings (SSSR count). The van der Waals surface area contributed by atoms with E-state index in [4.69, 9.17) is 9.47 Å². The lowest BCUT2D eigenvalue weighted by molar-refractivity contribution is -0.122. The second-order valence-electron chi connectivity index (χ2n) is 5.94. The molecule has 0 saturated carbocycles. The lowest BCUT2D eigenvalue weighted by Gasteiger charge is -2.26. The van der Waals surface area contributed by atoms with Gasteiger partial charge in [0.05, 0.1) is 23.9 Å². The molecule has 0 spiro atoms. The first-order chi connectivity index (χ1) is 13.8. The number of imide groups is 2. The summed E-state index contributed by atoms with van der Waals surface area (Å²) in [5.74, 6) is -0.690. The Balaban J connectivity index is 2.02. The molecule has 1 saturated heterocycles. The van der Waals surface area contributed by atoms with Gasteiger partial charge in [0.15, 0.2) is 11.5 Å². The minimum Gasteiger partial charge on any atom is -0.508 e. The van der Waals surface area contributed by atoms with Gasteiger partial charge in [-0.25, -0.2) is 9.69 Å². The molecule has 0 bridgehead atoms. The molecule has 0 atom stereocenters. The Labute approximate surface area is 174 Å². The molecule has 1 aliphatic rings.